The minimum Gasteiger partial charge on any atom is -0.528 e. The zero-order valence-electron chi connectivity index (χ0n) is 21.1. The van der Waals surface area contributed by atoms with Crippen LogP contribution in [0.4, 0.5) is 0 Å². The van der Waals surface area contributed by atoms with Crippen LogP contribution < -0.4 is 10.7 Å². The normalized spacial score (nSPS) is 12.3. The maximum Gasteiger partial charge on any atom is 0.259 e. The topological polar surface area (TPSA) is 117 Å². The first kappa shape index (κ1) is 25.3. The summed E-state index contributed by atoms with van der Waals surface area (Å²) in [6.45, 7) is 8.18. The van der Waals surface area contributed by atoms with Crippen molar-refractivity contribution in [2.24, 2.45) is 5.92 Å². The molecule has 2 heterocycles. The molecule has 188 valence electrons. The van der Waals surface area contributed by atoms with Crippen LogP contribution in [0, 0.1) is 5.92 Å². The van der Waals surface area contributed by atoms with E-state index in [0.29, 0.717) is 36.2 Å². The molecule has 1 atom stereocenters. The number of nitrogens with zero attached hydrogens (tertiary/aromatic N) is 4. The Morgan fingerprint density at radius 2 is 1.72 bits per heavy atom. The maximum absolute atomic E-state index is 13.6. The molecule has 4 rings (SSSR count). The molecule has 0 aliphatic carbocycles. The summed E-state index contributed by atoms with van der Waals surface area (Å²) in [6.07, 6.45) is 0.541. The van der Waals surface area contributed by atoms with Crippen LogP contribution >= 0.6 is 0 Å². The van der Waals surface area contributed by atoms with Gasteiger partial charge in [0, 0.05) is 12.0 Å². The molecule has 0 radical (unpaired) electrons. The van der Waals surface area contributed by atoms with Gasteiger partial charge in [-0.3, -0.25) is 9.36 Å². The highest BCUT2D eigenvalue weighted by Gasteiger charge is 2.24. The fourth-order valence-electron chi connectivity index (χ4n) is 4.36. The van der Waals surface area contributed by atoms with Crippen molar-refractivity contribution in [1.29, 1.82) is 0 Å². The molecule has 2 aromatic heterocycles. The van der Waals surface area contributed by atoms with Crippen molar-refractivity contribution in [3.63, 3.8) is 0 Å². The summed E-state index contributed by atoms with van der Waals surface area (Å²) < 4.78 is 6.32. The Balaban J connectivity index is 1.71. The Morgan fingerprint density at radius 1 is 1.03 bits per heavy atom. The van der Waals surface area contributed by atoms with Gasteiger partial charge in [0.15, 0.2) is 11.9 Å². The summed E-state index contributed by atoms with van der Waals surface area (Å²) in [5.41, 5.74) is 4.32. The van der Waals surface area contributed by atoms with Gasteiger partial charge in [0.2, 0.25) is 0 Å². The number of aliphatic hydroxyl groups excluding tert-OH is 1. The summed E-state index contributed by atoms with van der Waals surface area (Å²) in [6, 6.07) is 15.4. The van der Waals surface area contributed by atoms with Gasteiger partial charge in [-0.15, -0.1) is 0 Å². The molecule has 0 fully saturated rings. The molecule has 0 amide bonds. The SMILES string of the molecule is CCCc1nc(CC)c(C(O)C(C)C)c(=O)n1Cc1ccc(-c2ccccc2-c2noc([O-])n2)cc1. The summed E-state index contributed by atoms with van der Waals surface area (Å²) in [4.78, 5) is 22.2. The first-order chi connectivity index (χ1) is 17.3. The Morgan fingerprint density at radius 3 is 2.31 bits per heavy atom. The largest absolute Gasteiger partial charge is 0.528 e. The number of aryl methyl sites for hydroxylation is 2. The van der Waals surface area contributed by atoms with E-state index in [0.717, 1.165) is 28.9 Å². The third-order valence-electron chi connectivity index (χ3n) is 6.28. The number of hydrogen-bond acceptors (Lipinski definition) is 7. The van der Waals surface area contributed by atoms with E-state index >= 15 is 0 Å². The molecule has 4 aromatic rings. The molecule has 0 spiro atoms. The molecule has 0 bridgehead atoms. The van der Waals surface area contributed by atoms with Gasteiger partial charge >= 0.3 is 0 Å². The number of aliphatic hydroxyl groups is 1. The maximum atomic E-state index is 13.6. The Hall–Kier alpha value is -3.78. The highest BCUT2D eigenvalue weighted by Crippen LogP contribution is 2.31. The van der Waals surface area contributed by atoms with E-state index in [1.165, 1.54) is 0 Å². The fourth-order valence-corrected chi connectivity index (χ4v) is 4.36. The van der Waals surface area contributed by atoms with Crippen LogP contribution in [-0.2, 0) is 19.4 Å². The highest BCUT2D eigenvalue weighted by molar-refractivity contribution is 5.80. The van der Waals surface area contributed by atoms with Gasteiger partial charge in [-0.2, -0.15) is 5.16 Å². The van der Waals surface area contributed by atoms with Crippen molar-refractivity contribution in [2.75, 3.05) is 0 Å². The van der Waals surface area contributed by atoms with Crippen molar-refractivity contribution in [1.82, 2.24) is 19.7 Å². The summed E-state index contributed by atoms with van der Waals surface area (Å²) in [7, 11) is 0. The van der Waals surface area contributed by atoms with E-state index in [-0.39, 0.29) is 17.3 Å². The van der Waals surface area contributed by atoms with E-state index in [9.17, 15) is 15.0 Å². The van der Waals surface area contributed by atoms with Crippen molar-refractivity contribution >= 4 is 0 Å². The predicted molar refractivity (Wildman–Crippen MR) is 135 cm³/mol. The average Bonchev–Trinajstić information content (AvgIpc) is 3.32. The minimum absolute atomic E-state index is 0.0912. The number of rotatable bonds is 9. The van der Waals surface area contributed by atoms with Crippen LogP contribution in [0.15, 0.2) is 57.8 Å². The first-order valence-corrected chi connectivity index (χ1v) is 12.3. The second kappa shape index (κ2) is 10.9. The lowest BCUT2D eigenvalue weighted by Crippen LogP contribution is -2.33. The lowest BCUT2D eigenvalue weighted by Gasteiger charge is -2.21. The van der Waals surface area contributed by atoms with E-state index in [2.05, 4.69) is 21.6 Å². The molecule has 1 unspecified atom stereocenters. The molecule has 0 aliphatic heterocycles. The number of aromatic nitrogens is 4. The van der Waals surface area contributed by atoms with Gasteiger partial charge in [-0.25, -0.2) is 9.97 Å². The van der Waals surface area contributed by atoms with Gasteiger partial charge in [-0.1, -0.05) is 76.2 Å². The van der Waals surface area contributed by atoms with Crippen molar-refractivity contribution < 1.29 is 14.7 Å². The Bertz CT molecular complexity index is 1390. The monoisotopic (exact) mass is 487 g/mol. The Kier molecular flexibility index (Phi) is 7.64. The smallest absolute Gasteiger partial charge is 0.259 e. The van der Waals surface area contributed by atoms with Crippen LogP contribution in [0.5, 0.6) is 6.08 Å². The van der Waals surface area contributed by atoms with E-state index in [1.54, 1.807) is 4.57 Å². The van der Waals surface area contributed by atoms with Crippen LogP contribution in [0.3, 0.4) is 0 Å². The summed E-state index contributed by atoms with van der Waals surface area (Å²) in [5.74, 6) is 0.888. The van der Waals surface area contributed by atoms with Gasteiger partial charge in [-0.05, 0) is 35.4 Å². The zero-order valence-corrected chi connectivity index (χ0v) is 21.1. The van der Waals surface area contributed by atoms with Crippen LogP contribution in [0.1, 0.15) is 62.9 Å². The summed E-state index contributed by atoms with van der Waals surface area (Å²) >= 11 is 0. The molecular weight excluding hydrogens is 456 g/mol. The van der Waals surface area contributed by atoms with E-state index < -0.39 is 12.2 Å². The molecule has 0 saturated carbocycles. The number of benzene rings is 2. The standard InChI is InChI=1S/C28H32N4O4/c1-5-9-23-29-22(6-2)24(25(33)17(3)4)27(34)32(23)16-18-12-14-19(15-13-18)20-10-7-8-11-21(20)26-30-28(35)36-31-26/h7-8,10-15,17,25,33H,5-6,9,16H2,1-4H3,(H,30,31,35)/p-1. The molecule has 1 N–H and O–H groups in total. The van der Waals surface area contributed by atoms with Crippen molar-refractivity contribution in [3.8, 4) is 28.6 Å². The van der Waals surface area contributed by atoms with Gasteiger partial charge < -0.3 is 14.7 Å². The fraction of sp³-hybridized carbons (Fsp3) is 0.357. The zero-order chi connectivity index (χ0) is 25.8. The molecule has 36 heavy (non-hydrogen) atoms. The van der Waals surface area contributed by atoms with Gasteiger partial charge in [0.25, 0.3) is 5.56 Å². The van der Waals surface area contributed by atoms with Crippen LogP contribution in [-0.4, -0.2) is 24.8 Å². The van der Waals surface area contributed by atoms with Crippen LogP contribution in [0.2, 0.25) is 0 Å². The highest BCUT2D eigenvalue weighted by atomic mass is 16.6. The molecule has 2 aromatic carbocycles. The quantitative estimate of drug-likeness (QED) is 0.374. The van der Waals surface area contributed by atoms with E-state index in [1.807, 2.05) is 69.3 Å². The summed E-state index contributed by atoms with van der Waals surface area (Å²) in [5, 5.41) is 25.9. The molecule has 8 heteroatoms. The van der Waals surface area contributed by atoms with Crippen molar-refractivity contribution in [3.05, 3.63) is 81.5 Å². The molecule has 8 nitrogen and oxygen atoms in total. The number of hydrogen-bond donors (Lipinski definition) is 1. The van der Waals surface area contributed by atoms with Crippen molar-refractivity contribution in [2.45, 2.75) is 59.6 Å². The average molecular weight is 488 g/mol. The molecule has 0 saturated heterocycles. The molecule has 0 aliphatic rings. The second-order valence-electron chi connectivity index (χ2n) is 9.20. The Labute approximate surface area is 210 Å². The second-order valence-corrected chi connectivity index (χ2v) is 9.20. The molecular formula is C28H31N4O4-. The first-order valence-electron chi connectivity index (χ1n) is 12.3. The minimum atomic E-state index is -0.861. The van der Waals surface area contributed by atoms with Crippen LogP contribution in [0.25, 0.3) is 22.5 Å². The van der Waals surface area contributed by atoms with Gasteiger partial charge in [0.05, 0.1) is 23.9 Å². The lowest BCUT2D eigenvalue weighted by molar-refractivity contribution is -0.303. The van der Waals surface area contributed by atoms with Gasteiger partial charge in [0.1, 0.15) is 5.82 Å². The predicted octanol–water partition coefficient (Wildman–Crippen LogP) is 4.29. The van der Waals surface area contributed by atoms with E-state index in [4.69, 9.17) is 4.98 Å². The third kappa shape index (κ3) is 5.09. The lowest BCUT2D eigenvalue weighted by atomic mass is 9.97. The third-order valence-corrected chi connectivity index (χ3v) is 6.28.